The zero-order valence-corrected chi connectivity index (χ0v) is 22.7. The molecule has 1 heterocycles. The predicted octanol–water partition coefficient (Wildman–Crippen LogP) is 6.54. The van der Waals surface area contributed by atoms with Gasteiger partial charge in [0.25, 0.3) is 0 Å². The molecule has 180 valence electrons. The quantitative estimate of drug-likeness (QED) is 0.337. The Morgan fingerprint density at radius 1 is 1.12 bits per heavy atom. The Morgan fingerprint density at radius 2 is 1.79 bits per heavy atom. The zero-order chi connectivity index (χ0) is 25.1. The maximum absolute atomic E-state index is 12.7. The highest BCUT2D eigenvalue weighted by molar-refractivity contribution is 6.83. The summed E-state index contributed by atoms with van der Waals surface area (Å²) in [6.45, 7) is 17.1. The van der Waals surface area contributed by atoms with Crippen molar-refractivity contribution in [2.24, 2.45) is 5.92 Å². The van der Waals surface area contributed by atoms with Gasteiger partial charge in [-0.25, -0.2) is 9.78 Å². The first-order valence-corrected chi connectivity index (χ1v) is 15.4. The van der Waals surface area contributed by atoms with Gasteiger partial charge in [-0.2, -0.15) is 0 Å². The van der Waals surface area contributed by atoms with E-state index in [0.717, 1.165) is 22.4 Å². The molecule has 0 saturated heterocycles. The third-order valence-corrected chi connectivity index (χ3v) is 6.04. The van der Waals surface area contributed by atoms with Gasteiger partial charge in [0, 0.05) is 12.1 Å². The Bertz CT molecular complexity index is 1210. The van der Waals surface area contributed by atoms with Crippen LogP contribution in [0.25, 0.3) is 11.0 Å². The minimum absolute atomic E-state index is 0.116. The molecule has 0 aliphatic rings. The number of carbonyl (C=O) groups is 1. The third-order valence-electron chi connectivity index (χ3n) is 5.16. The van der Waals surface area contributed by atoms with Crippen molar-refractivity contribution in [3.05, 3.63) is 65.5 Å². The normalized spacial score (nSPS) is 12.9. The van der Waals surface area contributed by atoms with Crippen molar-refractivity contribution in [1.82, 2.24) is 14.9 Å². The molecule has 0 bridgehead atoms. The van der Waals surface area contributed by atoms with Gasteiger partial charge in [0.1, 0.15) is 19.5 Å². The highest BCUT2D eigenvalue weighted by Gasteiger charge is 2.27. The summed E-state index contributed by atoms with van der Waals surface area (Å²) in [4.78, 5) is 17.7. The van der Waals surface area contributed by atoms with E-state index >= 15 is 0 Å². The molecule has 0 saturated carbocycles. The number of benzene rings is 2. The fraction of sp³-hybridized carbons (Fsp3) is 0.429. The molecule has 1 aromatic heterocycles. The molecule has 3 rings (SSSR count). The number of aromatic nitrogens is 2. The molecule has 0 spiro atoms. The minimum Gasteiger partial charge on any atom is -0.444 e. The van der Waals surface area contributed by atoms with Crippen LogP contribution < -0.4 is 5.32 Å². The van der Waals surface area contributed by atoms with Crippen LogP contribution in [0.15, 0.2) is 48.5 Å². The summed E-state index contributed by atoms with van der Waals surface area (Å²) in [5, 5.41) is 3.07. The van der Waals surface area contributed by atoms with Crippen LogP contribution in [-0.4, -0.2) is 29.3 Å². The van der Waals surface area contributed by atoms with Gasteiger partial charge in [-0.15, -0.1) is 5.54 Å². The summed E-state index contributed by atoms with van der Waals surface area (Å²) in [6.07, 6.45) is -0.439. The molecule has 1 N–H and O–H groups in total. The van der Waals surface area contributed by atoms with E-state index in [1.165, 1.54) is 5.56 Å². The first-order valence-electron chi connectivity index (χ1n) is 11.9. The van der Waals surface area contributed by atoms with E-state index in [1.807, 2.05) is 39.0 Å². The molecule has 3 aromatic rings. The molecular formula is C28H37N3O2Si. The van der Waals surface area contributed by atoms with Crippen molar-refractivity contribution in [3.8, 4) is 11.5 Å². The van der Waals surface area contributed by atoms with Crippen LogP contribution in [0.5, 0.6) is 0 Å². The van der Waals surface area contributed by atoms with E-state index in [2.05, 4.69) is 85.2 Å². The number of nitrogens with zero attached hydrogens (tertiary/aromatic N) is 2. The average Bonchev–Trinajstić information content (AvgIpc) is 3.06. The smallest absolute Gasteiger partial charge is 0.408 e. The summed E-state index contributed by atoms with van der Waals surface area (Å²) in [5.41, 5.74) is 6.90. The molecule has 1 atom stereocenters. The lowest BCUT2D eigenvalue weighted by molar-refractivity contribution is 0.0485. The van der Waals surface area contributed by atoms with E-state index in [9.17, 15) is 4.79 Å². The van der Waals surface area contributed by atoms with Crippen molar-refractivity contribution >= 4 is 25.2 Å². The number of fused-ring (bicyclic) bond motifs is 1. The summed E-state index contributed by atoms with van der Waals surface area (Å²) in [6, 6.07) is 16.2. The molecule has 0 fully saturated rings. The van der Waals surface area contributed by atoms with Gasteiger partial charge in [0.05, 0.1) is 17.1 Å². The summed E-state index contributed by atoms with van der Waals surface area (Å²) < 4.78 is 7.75. The Balaban J connectivity index is 2.09. The first-order chi connectivity index (χ1) is 15.8. The van der Waals surface area contributed by atoms with E-state index < -0.39 is 19.8 Å². The topological polar surface area (TPSA) is 56.1 Å². The van der Waals surface area contributed by atoms with Gasteiger partial charge in [0.2, 0.25) is 0 Å². The standard InChI is InChI=1S/C28H37N3O2Si/c1-20(2)25(30-27(32)33-28(3,4)5)26-29-23-18-21(16-17-34(6,7)8)14-15-24(23)31(26)19-22-12-10-9-11-13-22/h9-15,18,20,25H,19H2,1-8H3,(H,30,32)/t25-/m1/s1. The fourth-order valence-electron chi connectivity index (χ4n) is 3.62. The first kappa shape index (κ1) is 25.6. The van der Waals surface area contributed by atoms with Gasteiger partial charge in [-0.05, 0) is 50.5 Å². The number of carbonyl (C=O) groups excluding carboxylic acids is 1. The van der Waals surface area contributed by atoms with Crippen LogP contribution in [-0.2, 0) is 11.3 Å². The fourth-order valence-corrected chi connectivity index (χ4v) is 4.14. The second-order valence-electron chi connectivity index (χ2n) is 11.1. The van der Waals surface area contributed by atoms with E-state index in [4.69, 9.17) is 9.72 Å². The number of rotatable bonds is 5. The zero-order valence-electron chi connectivity index (χ0n) is 21.7. The Morgan fingerprint density at radius 3 is 2.38 bits per heavy atom. The maximum Gasteiger partial charge on any atom is 0.408 e. The van der Waals surface area contributed by atoms with E-state index in [-0.39, 0.29) is 12.0 Å². The highest BCUT2D eigenvalue weighted by atomic mass is 28.3. The molecule has 2 aromatic carbocycles. The lowest BCUT2D eigenvalue weighted by Gasteiger charge is -2.26. The molecule has 0 radical (unpaired) electrons. The van der Waals surface area contributed by atoms with Crippen LogP contribution >= 0.6 is 0 Å². The van der Waals surface area contributed by atoms with Crippen molar-refractivity contribution in [2.75, 3.05) is 0 Å². The number of ether oxygens (including phenoxy) is 1. The summed E-state index contributed by atoms with van der Waals surface area (Å²) in [7, 11) is -1.48. The number of hydrogen-bond acceptors (Lipinski definition) is 3. The third kappa shape index (κ3) is 6.98. The van der Waals surface area contributed by atoms with Crippen molar-refractivity contribution < 1.29 is 9.53 Å². The SMILES string of the molecule is CC(C)[C@@H](NC(=O)OC(C)(C)C)c1nc2cc(C#C[Si](C)(C)C)ccc2n1Cc1ccccc1. The lowest BCUT2D eigenvalue weighted by atomic mass is 10.0. The summed E-state index contributed by atoms with van der Waals surface area (Å²) >= 11 is 0. The van der Waals surface area contributed by atoms with Gasteiger partial charge >= 0.3 is 6.09 Å². The molecule has 0 aliphatic carbocycles. The van der Waals surface area contributed by atoms with Crippen LogP contribution in [0.4, 0.5) is 4.79 Å². The minimum atomic E-state index is -1.48. The molecule has 0 unspecified atom stereocenters. The van der Waals surface area contributed by atoms with E-state index in [0.29, 0.717) is 6.54 Å². The monoisotopic (exact) mass is 475 g/mol. The predicted molar refractivity (Wildman–Crippen MR) is 142 cm³/mol. The van der Waals surface area contributed by atoms with Crippen molar-refractivity contribution in [1.29, 1.82) is 0 Å². The van der Waals surface area contributed by atoms with Crippen LogP contribution in [0.1, 0.15) is 57.6 Å². The van der Waals surface area contributed by atoms with Gasteiger partial charge in [0.15, 0.2) is 0 Å². The van der Waals surface area contributed by atoms with Crippen LogP contribution in [0.2, 0.25) is 19.6 Å². The lowest BCUT2D eigenvalue weighted by Crippen LogP contribution is -2.38. The van der Waals surface area contributed by atoms with Gasteiger partial charge in [-0.3, -0.25) is 0 Å². The maximum atomic E-state index is 12.7. The number of hydrogen-bond donors (Lipinski definition) is 1. The van der Waals surface area contributed by atoms with E-state index in [1.54, 1.807) is 0 Å². The molecule has 1 amide bonds. The number of nitrogens with one attached hydrogen (secondary N) is 1. The summed E-state index contributed by atoms with van der Waals surface area (Å²) in [5.74, 6) is 4.27. The van der Waals surface area contributed by atoms with Crippen LogP contribution in [0, 0.1) is 17.4 Å². The van der Waals surface area contributed by atoms with Crippen molar-refractivity contribution in [2.45, 2.75) is 72.4 Å². The van der Waals surface area contributed by atoms with Crippen molar-refractivity contribution in [3.63, 3.8) is 0 Å². The second kappa shape index (κ2) is 10.1. The largest absolute Gasteiger partial charge is 0.444 e. The Labute approximate surface area is 204 Å². The van der Waals surface area contributed by atoms with Gasteiger partial charge < -0.3 is 14.6 Å². The highest BCUT2D eigenvalue weighted by Crippen LogP contribution is 2.28. The van der Waals surface area contributed by atoms with Crippen LogP contribution in [0.3, 0.4) is 0 Å². The number of imidazole rings is 1. The second-order valence-corrected chi connectivity index (χ2v) is 15.9. The molecule has 34 heavy (non-hydrogen) atoms. The number of alkyl carbamates (subject to hydrolysis) is 1. The Kier molecular flexibility index (Phi) is 7.57. The molecule has 5 nitrogen and oxygen atoms in total. The number of amides is 1. The van der Waals surface area contributed by atoms with Gasteiger partial charge in [-0.1, -0.05) is 69.7 Å². The molecular weight excluding hydrogens is 438 g/mol. The average molecular weight is 476 g/mol. The molecule has 6 heteroatoms. The molecule has 0 aliphatic heterocycles. The Hall–Kier alpha value is -3.04.